The van der Waals surface area contributed by atoms with E-state index in [1.807, 2.05) is 0 Å². The number of hydrogen-bond acceptors (Lipinski definition) is 6. The lowest BCUT2D eigenvalue weighted by Crippen LogP contribution is -2.42. The van der Waals surface area contributed by atoms with Crippen LogP contribution in [0.3, 0.4) is 0 Å². The minimum Gasteiger partial charge on any atom is -0.378 e. The first-order valence-corrected chi connectivity index (χ1v) is 7.37. The van der Waals surface area contributed by atoms with Gasteiger partial charge in [-0.1, -0.05) is 0 Å². The molecule has 8 heteroatoms. The molecule has 7 nitrogen and oxygen atoms in total. The van der Waals surface area contributed by atoms with Gasteiger partial charge in [0.05, 0.1) is 13.2 Å². The van der Waals surface area contributed by atoms with Gasteiger partial charge < -0.3 is 20.7 Å². The maximum absolute atomic E-state index is 11.9. The number of thiazole rings is 1. The van der Waals surface area contributed by atoms with Crippen LogP contribution in [-0.2, 0) is 16.1 Å². The Labute approximate surface area is 121 Å². The van der Waals surface area contributed by atoms with E-state index in [0.29, 0.717) is 51.5 Å². The van der Waals surface area contributed by atoms with E-state index in [9.17, 15) is 9.59 Å². The molecular formula is C12H18N4O3S. The van der Waals surface area contributed by atoms with Gasteiger partial charge in [0.25, 0.3) is 5.91 Å². The van der Waals surface area contributed by atoms with Crippen molar-refractivity contribution in [3.63, 3.8) is 0 Å². The molecule has 0 radical (unpaired) electrons. The Kier molecular flexibility index (Phi) is 5.45. The van der Waals surface area contributed by atoms with Crippen LogP contribution in [0.15, 0.2) is 5.38 Å². The predicted molar refractivity (Wildman–Crippen MR) is 74.4 cm³/mol. The second-order valence-electron chi connectivity index (χ2n) is 4.33. The molecule has 1 aromatic heterocycles. The van der Waals surface area contributed by atoms with E-state index < -0.39 is 0 Å². The van der Waals surface area contributed by atoms with Crippen molar-refractivity contribution in [1.29, 1.82) is 0 Å². The van der Waals surface area contributed by atoms with E-state index in [2.05, 4.69) is 10.3 Å². The molecule has 0 unspecified atom stereocenters. The summed E-state index contributed by atoms with van der Waals surface area (Å²) < 4.78 is 5.18. The van der Waals surface area contributed by atoms with Crippen molar-refractivity contribution < 1.29 is 14.3 Å². The summed E-state index contributed by atoms with van der Waals surface area (Å²) in [6.07, 6.45) is 0.291. The maximum Gasteiger partial charge on any atom is 0.270 e. The van der Waals surface area contributed by atoms with E-state index in [1.165, 1.54) is 11.3 Å². The van der Waals surface area contributed by atoms with Crippen molar-refractivity contribution in [2.24, 2.45) is 5.73 Å². The van der Waals surface area contributed by atoms with Crippen LogP contribution in [0.4, 0.5) is 0 Å². The molecule has 2 rings (SSSR count). The highest BCUT2D eigenvalue weighted by atomic mass is 32.1. The highest BCUT2D eigenvalue weighted by Crippen LogP contribution is 2.08. The second-order valence-corrected chi connectivity index (χ2v) is 5.27. The number of aromatic nitrogens is 1. The number of nitrogens with zero attached hydrogens (tertiary/aromatic N) is 2. The molecule has 1 saturated heterocycles. The predicted octanol–water partition coefficient (Wildman–Crippen LogP) is -0.420. The summed E-state index contributed by atoms with van der Waals surface area (Å²) in [6, 6.07) is 0. The smallest absolute Gasteiger partial charge is 0.270 e. The van der Waals surface area contributed by atoms with Gasteiger partial charge in [-0.15, -0.1) is 11.3 Å². The monoisotopic (exact) mass is 298 g/mol. The Balaban J connectivity index is 1.72. The van der Waals surface area contributed by atoms with Crippen molar-refractivity contribution >= 4 is 23.2 Å². The summed E-state index contributed by atoms with van der Waals surface area (Å²) in [5, 5.41) is 5.08. The van der Waals surface area contributed by atoms with Gasteiger partial charge >= 0.3 is 0 Å². The van der Waals surface area contributed by atoms with E-state index in [0.717, 1.165) is 5.01 Å². The molecule has 2 heterocycles. The number of carbonyl (C=O) groups excluding carboxylic acids is 2. The van der Waals surface area contributed by atoms with Crippen LogP contribution < -0.4 is 11.1 Å². The zero-order valence-corrected chi connectivity index (χ0v) is 11.9. The summed E-state index contributed by atoms with van der Waals surface area (Å²) in [4.78, 5) is 29.5. The topological polar surface area (TPSA) is 97.5 Å². The summed E-state index contributed by atoms with van der Waals surface area (Å²) >= 11 is 1.35. The fourth-order valence-corrected chi connectivity index (χ4v) is 2.51. The average molecular weight is 298 g/mol. The molecular weight excluding hydrogens is 280 g/mol. The molecule has 0 saturated carbocycles. The van der Waals surface area contributed by atoms with Gasteiger partial charge in [0.15, 0.2) is 0 Å². The zero-order valence-electron chi connectivity index (χ0n) is 11.1. The number of nitrogens with two attached hydrogens (primary N) is 1. The standard InChI is InChI=1S/C12H18N4O3S/c13-7-10-15-9(8-20-10)12(18)14-2-1-11(17)16-3-5-19-6-4-16/h8H,1-7,13H2,(H,14,18). The first kappa shape index (κ1) is 14.9. The van der Waals surface area contributed by atoms with Crippen LogP contribution in [-0.4, -0.2) is 54.5 Å². The van der Waals surface area contributed by atoms with Crippen LogP contribution >= 0.6 is 11.3 Å². The lowest BCUT2D eigenvalue weighted by atomic mass is 10.3. The Hall–Kier alpha value is -1.51. The van der Waals surface area contributed by atoms with Crippen molar-refractivity contribution in [1.82, 2.24) is 15.2 Å². The molecule has 0 aromatic carbocycles. The van der Waals surface area contributed by atoms with Gasteiger partial charge in [-0.3, -0.25) is 9.59 Å². The number of ether oxygens (including phenoxy) is 1. The van der Waals surface area contributed by atoms with Gasteiger partial charge in [-0.2, -0.15) is 0 Å². The molecule has 1 aromatic rings. The lowest BCUT2D eigenvalue weighted by Gasteiger charge is -2.26. The van der Waals surface area contributed by atoms with Gasteiger partial charge in [-0.05, 0) is 0 Å². The molecule has 1 fully saturated rings. The number of amides is 2. The van der Waals surface area contributed by atoms with E-state index in [1.54, 1.807) is 10.3 Å². The number of carbonyl (C=O) groups is 2. The van der Waals surface area contributed by atoms with Gasteiger partial charge in [-0.25, -0.2) is 4.98 Å². The van der Waals surface area contributed by atoms with Crippen LogP contribution in [0.2, 0.25) is 0 Å². The summed E-state index contributed by atoms with van der Waals surface area (Å²) in [5.74, 6) is -0.231. The number of hydrogen-bond donors (Lipinski definition) is 2. The normalized spacial score (nSPS) is 15.2. The van der Waals surface area contributed by atoms with Crippen molar-refractivity contribution in [2.75, 3.05) is 32.8 Å². The van der Waals surface area contributed by atoms with Crippen molar-refractivity contribution in [3.8, 4) is 0 Å². The van der Waals surface area contributed by atoms with E-state index in [4.69, 9.17) is 10.5 Å². The van der Waals surface area contributed by atoms with Gasteiger partial charge in [0.2, 0.25) is 5.91 Å². The Morgan fingerprint density at radius 1 is 1.45 bits per heavy atom. The third kappa shape index (κ3) is 3.99. The Morgan fingerprint density at radius 3 is 2.85 bits per heavy atom. The number of nitrogens with one attached hydrogen (secondary N) is 1. The minimum absolute atomic E-state index is 0.0366. The summed E-state index contributed by atoms with van der Waals surface area (Å²) in [6.45, 7) is 3.05. The maximum atomic E-state index is 11.9. The number of rotatable bonds is 5. The van der Waals surface area contributed by atoms with E-state index >= 15 is 0 Å². The van der Waals surface area contributed by atoms with E-state index in [-0.39, 0.29) is 11.8 Å². The Bertz CT molecular complexity index is 471. The first-order chi connectivity index (χ1) is 9.70. The lowest BCUT2D eigenvalue weighted by molar-refractivity contribution is -0.135. The second kappa shape index (κ2) is 7.32. The third-order valence-corrected chi connectivity index (χ3v) is 3.82. The van der Waals surface area contributed by atoms with Gasteiger partial charge in [0, 0.05) is 38.0 Å². The molecule has 20 heavy (non-hydrogen) atoms. The van der Waals surface area contributed by atoms with Crippen LogP contribution in [0.25, 0.3) is 0 Å². The molecule has 0 spiro atoms. The summed E-state index contributed by atoms with van der Waals surface area (Å²) in [5.41, 5.74) is 5.80. The molecule has 1 aliphatic rings. The molecule has 2 amide bonds. The van der Waals surface area contributed by atoms with Crippen molar-refractivity contribution in [3.05, 3.63) is 16.1 Å². The average Bonchev–Trinajstić information content (AvgIpc) is 2.97. The van der Waals surface area contributed by atoms with Crippen LogP contribution in [0.1, 0.15) is 21.9 Å². The SMILES string of the molecule is NCc1nc(C(=O)NCCC(=O)N2CCOCC2)cs1. The highest BCUT2D eigenvalue weighted by molar-refractivity contribution is 7.09. The first-order valence-electron chi connectivity index (χ1n) is 6.49. The van der Waals surface area contributed by atoms with Gasteiger partial charge in [0.1, 0.15) is 10.7 Å². The zero-order chi connectivity index (χ0) is 14.4. The highest BCUT2D eigenvalue weighted by Gasteiger charge is 2.17. The molecule has 3 N–H and O–H groups in total. The third-order valence-electron chi connectivity index (χ3n) is 2.95. The minimum atomic E-state index is -0.268. The number of morpholine rings is 1. The van der Waals surface area contributed by atoms with Crippen LogP contribution in [0, 0.1) is 0 Å². The molecule has 0 atom stereocenters. The molecule has 110 valence electrons. The fourth-order valence-electron chi connectivity index (χ4n) is 1.85. The fraction of sp³-hybridized carbons (Fsp3) is 0.583. The molecule has 1 aliphatic heterocycles. The molecule has 0 aliphatic carbocycles. The Morgan fingerprint density at radius 2 is 2.20 bits per heavy atom. The van der Waals surface area contributed by atoms with Crippen LogP contribution in [0.5, 0.6) is 0 Å². The quantitative estimate of drug-likeness (QED) is 0.769. The summed E-state index contributed by atoms with van der Waals surface area (Å²) in [7, 11) is 0. The largest absolute Gasteiger partial charge is 0.378 e. The molecule has 0 bridgehead atoms. The van der Waals surface area contributed by atoms with Crippen molar-refractivity contribution in [2.45, 2.75) is 13.0 Å².